The largest absolute Gasteiger partial charge is 0.436 e. The van der Waals surface area contributed by atoms with Gasteiger partial charge in [-0.15, -0.1) is 0 Å². The van der Waals surface area contributed by atoms with E-state index in [-0.39, 0.29) is 0 Å². The molecule has 0 N–H and O–H groups in total. The van der Waals surface area contributed by atoms with Crippen molar-refractivity contribution in [2.75, 3.05) is 0 Å². The van der Waals surface area contributed by atoms with Gasteiger partial charge in [0.15, 0.2) is 5.76 Å². The number of nitrogens with zero attached hydrogens (tertiary/aromatic N) is 1. The van der Waals surface area contributed by atoms with Gasteiger partial charge < -0.3 is 4.42 Å². The molecule has 4 aromatic rings. The van der Waals surface area contributed by atoms with Crippen LogP contribution >= 0.6 is 15.9 Å². The average Bonchev–Trinajstić information content (AvgIpc) is 3.13. The van der Waals surface area contributed by atoms with Gasteiger partial charge in [0.2, 0.25) is 5.89 Å². The summed E-state index contributed by atoms with van der Waals surface area (Å²) < 4.78 is 6.96. The Morgan fingerprint density at radius 3 is 1.92 bits per heavy atom. The zero-order valence-corrected chi connectivity index (χ0v) is 14.4. The third-order valence-electron chi connectivity index (χ3n) is 3.87. The number of aromatic nitrogens is 1. The summed E-state index contributed by atoms with van der Waals surface area (Å²) in [7, 11) is 0. The van der Waals surface area contributed by atoms with Crippen molar-refractivity contribution >= 4 is 15.9 Å². The first-order valence-corrected chi connectivity index (χ1v) is 8.46. The number of halogens is 1. The number of benzene rings is 3. The van der Waals surface area contributed by atoms with E-state index in [1.165, 1.54) is 11.1 Å². The maximum absolute atomic E-state index is 5.91. The molecule has 3 aromatic carbocycles. The molecule has 0 bridgehead atoms. The molecular formula is C21H14BrNO. The van der Waals surface area contributed by atoms with Crippen LogP contribution in [0, 0.1) is 0 Å². The molecule has 0 amide bonds. The van der Waals surface area contributed by atoms with Gasteiger partial charge in [-0.2, -0.15) is 0 Å². The summed E-state index contributed by atoms with van der Waals surface area (Å²) in [6, 6.07) is 26.6. The fraction of sp³-hybridized carbons (Fsp3) is 0. The maximum Gasteiger partial charge on any atom is 0.226 e. The summed E-state index contributed by atoms with van der Waals surface area (Å²) in [5.41, 5.74) is 4.36. The third kappa shape index (κ3) is 3.03. The molecule has 0 spiro atoms. The van der Waals surface area contributed by atoms with Gasteiger partial charge in [-0.25, -0.2) is 4.98 Å². The molecular weight excluding hydrogens is 362 g/mol. The summed E-state index contributed by atoms with van der Waals surface area (Å²) >= 11 is 3.44. The van der Waals surface area contributed by atoms with Crippen LogP contribution in [-0.2, 0) is 0 Å². The average molecular weight is 376 g/mol. The van der Waals surface area contributed by atoms with Gasteiger partial charge in [0, 0.05) is 15.6 Å². The second kappa shape index (κ2) is 6.46. The molecule has 3 heteroatoms. The number of rotatable bonds is 3. The molecule has 0 aliphatic rings. The molecule has 0 saturated carbocycles. The fourth-order valence-corrected chi connectivity index (χ4v) is 2.86. The van der Waals surface area contributed by atoms with Crippen LogP contribution in [0.3, 0.4) is 0 Å². The van der Waals surface area contributed by atoms with E-state index < -0.39 is 0 Å². The van der Waals surface area contributed by atoms with Crippen molar-refractivity contribution in [3.05, 3.63) is 89.5 Å². The van der Waals surface area contributed by atoms with E-state index in [0.29, 0.717) is 5.89 Å². The molecule has 0 saturated heterocycles. The predicted molar refractivity (Wildman–Crippen MR) is 101 cm³/mol. The van der Waals surface area contributed by atoms with E-state index in [1.54, 1.807) is 6.20 Å². The minimum atomic E-state index is 0.632. The normalized spacial score (nSPS) is 10.7. The number of oxazole rings is 1. The quantitative estimate of drug-likeness (QED) is 0.411. The Balaban J connectivity index is 1.62. The molecule has 1 heterocycles. The second-order valence-corrected chi connectivity index (χ2v) is 6.40. The van der Waals surface area contributed by atoms with E-state index in [2.05, 4.69) is 45.2 Å². The predicted octanol–water partition coefficient (Wildman–Crippen LogP) is 6.44. The molecule has 0 aliphatic carbocycles. The van der Waals surface area contributed by atoms with E-state index >= 15 is 0 Å². The molecule has 0 unspecified atom stereocenters. The van der Waals surface area contributed by atoms with Crippen molar-refractivity contribution < 1.29 is 4.42 Å². The number of hydrogen-bond donors (Lipinski definition) is 0. The van der Waals surface area contributed by atoms with Crippen LogP contribution in [0.5, 0.6) is 0 Å². The van der Waals surface area contributed by atoms with Crippen LogP contribution in [0.25, 0.3) is 33.9 Å². The van der Waals surface area contributed by atoms with Crippen molar-refractivity contribution in [1.29, 1.82) is 0 Å². The molecule has 1 aromatic heterocycles. The van der Waals surface area contributed by atoms with Crippen molar-refractivity contribution in [2.45, 2.75) is 0 Å². The standard InChI is InChI=1S/C21H14BrNO/c22-19-12-10-17(11-13-19)20-14-23-21(24-20)18-8-6-16(7-9-18)15-4-2-1-3-5-15/h1-14H. The molecule has 2 nitrogen and oxygen atoms in total. The molecule has 4 rings (SSSR count). The van der Waals surface area contributed by atoms with Crippen LogP contribution in [0.2, 0.25) is 0 Å². The summed E-state index contributed by atoms with van der Waals surface area (Å²) in [5.74, 6) is 1.40. The van der Waals surface area contributed by atoms with Gasteiger partial charge >= 0.3 is 0 Å². The lowest BCUT2D eigenvalue weighted by Gasteiger charge is -2.02. The summed E-state index contributed by atoms with van der Waals surface area (Å²) in [6.07, 6.45) is 1.77. The highest BCUT2D eigenvalue weighted by atomic mass is 79.9. The maximum atomic E-state index is 5.91. The van der Waals surface area contributed by atoms with Crippen LogP contribution in [0.4, 0.5) is 0 Å². The lowest BCUT2D eigenvalue weighted by molar-refractivity contribution is 0.589. The van der Waals surface area contributed by atoms with E-state index in [4.69, 9.17) is 4.42 Å². The zero-order valence-electron chi connectivity index (χ0n) is 12.8. The SMILES string of the molecule is Brc1ccc(-c2cnc(-c3ccc(-c4ccccc4)cc3)o2)cc1. The van der Waals surface area contributed by atoms with Crippen molar-refractivity contribution in [2.24, 2.45) is 0 Å². The van der Waals surface area contributed by atoms with Gasteiger partial charge in [0.25, 0.3) is 0 Å². The molecule has 0 aliphatic heterocycles. The minimum absolute atomic E-state index is 0.632. The Bertz CT molecular complexity index is 941. The molecule has 0 fully saturated rings. The highest BCUT2D eigenvalue weighted by Crippen LogP contribution is 2.28. The highest BCUT2D eigenvalue weighted by molar-refractivity contribution is 9.10. The monoisotopic (exact) mass is 375 g/mol. The topological polar surface area (TPSA) is 26.0 Å². The van der Waals surface area contributed by atoms with Gasteiger partial charge in [-0.1, -0.05) is 70.5 Å². The Morgan fingerprint density at radius 1 is 0.625 bits per heavy atom. The Hall–Kier alpha value is -2.65. The van der Waals surface area contributed by atoms with Crippen LogP contribution < -0.4 is 0 Å². The lowest BCUT2D eigenvalue weighted by atomic mass is 10.0. The molecule has 116 valence electrons. The van der Waals surface area contributed by atoms with E-state index in [1.807, 2.05) is 54.6 Å². The molecule has 0 atom stereocenters. The van der Waals surface area contributed by atoms with Crippen molar-refractivity contribution in [1.82, 2.24) is 4.98 Å². The minimum Gasteiger partial charge on any atom is -0.436 e. The summed E-state index contributed by atoms with van der Waals surface area (Å²) in [6.45, 7) is 0. The van der Waals surface area contributed by atoms with Crippen LogP contribution in [-0.4, -0.2) is 4.98 Å². The lowest BCUT2D eigenvalue weighted by Crippen LogP contribution is -1.79. The summed E-state index contributed by atoms with van der Waals surface area (Å²) in [4.78, 5) is 4.41. The van der Waals surface area contributed by atoms with Gasteiger partial charge in [-0.3, -0.25) is 0 Å². The Morgan fingerprint density at radius 2 is 1.21 bits per heavy atom. The van der Waals surface area contributed by atoms with Gasteiger partial charge in [0.05, 0.1) is 6.20 Å². The van der Waals surface area contributed by atoms with Gasteiger partial charge in [0.1, 0.15) is 0 Å². The molecule has 0 radical (unpaired) electrons. The van der Waals surface area contributed by atoms with Crippen molar-refractivity contribution in [3.8, 4) is 33.9 Å². The highest BCUT2D eigenvalue weighted by Gasteiger charge is 2.09. The first kappa shape index (κ1) is 14.9. The first-order valence-electron chi connectivity index (χ1n) is 7.67. The third-order valence-corrected chi connectivity index (χ3v) is 4.40. The zero-order chi connectivity index (χ0) is 16.4. The second-order valence-electron chi connectivity index (χ2n) is 5.48. The Kier molecular flexibility index (Phi) is 4.01. The number of hydrogen-bond acceptors (Lipinski definition) is 2. The molecule has 24 heavy (non-hydrogen) atoms. The van der Waals surface area contributed by atoms with E-state index in [0.717, 1.165) is 21.4 Å². The first-order chi connectivity index (χ1) is 11.8. The fourth-order valence-electron chi connectivity index (χ4n) is 2.59. The van der Waals surface area contributed by atoms with E-state index in [9.17, 15) is 0 Å². The Labute approximate surface area is 148 Å². The smallest absolute Gasteiger partial charge is 0.226 e. The van der Waals surface area contributed by atoms with Crippen molar-refractivity contribution in [3.63, 3.8) is 0 Å². The summed E-state index contributed by atoms with van der Waals surface area (Å²) in [5, 5.41) is 0. The van der Waals surface area contributed by atoms with Gasteiger partial charge in [-0.05, 0) is 35.4 Å². The van der Waals surface area contributed by atoms with Crippen LogP contribution in [0.15, 0.2) is 93.9 Å². The van der Waals surface area contributed by atoms with Crippen LogP contribution in [0.1, 0.15) is 0 Å².